The van der Waals surface area contributed by atoms with E-state index in [2.05, 4.69) is 5.32 Å². The van der Waals surface area contributed by atoms with Gasteiger partial charge in [-0.05, 0) is 49.6 Å². The van der Waals surface area contributed by atoms with E-state index in [1.807, 2.05) is 45.0 Å². The molecule has 27 heavy (non-hydrogen) atoms. The Bertz CT molecular complexity index is 858. The van der Waals surface area contributed by atoms with E-state index in [0.717, 1.165) is 11.1 Å². The Labute approximate surface area is 161 Å². The third-order valence-corrected chi connectivity index (χ3v) is 5.53. The van der Waals surface area contributed by atoms with E-state index < -0.39 is 15.9 Å². The fourth-order valence-electron chi connectivity index (χ4n) is 2.74. The number of carbonyl (C=O) groups is 1. The number of aryl methyl sites for hydroxylation is 1. The first-order chi connectivity index (χ1) is 12.7. The number of rotatable bonds is 8. The summed E-state index contributed by atoms with van der Waals surface area (Å²) in [6.07, 6.45) is 1.82. The first kappa shape index (κ1) is 21.0. The van der Waals surface area contributed by atoms with Crippen LogP contribution < -0.4 is 10.1 Å². The van der Waals surface area contributed by atoms with Gasteiger partial charge in [-0.1, -0.05) is 43.7 Å². The molecule has 0 aromatic heterocycles. The van der Waals surface area contributed by atoms with Crippen molar-refractivity contribution in [1.29, 1.82) is 0 Å². The van der Waals surface area contributed by atoms with E-state index in [1.165, 1.54) is 6.26 Å². The lowest BCUT2D eigenvalue weighted by atomic mass is 10.0. The highest BCUT2D eigenvalue weighted by Gasteiger charge is 2.22. The monoisotopic (exact) mass is 389 g/mol. The Morgan fingerprint density at radius 2 is 1.59 bits per heavy atom. The van der Waals surface area contributed by atoms with E-state index in [4.69, 9.17) is 4.74 Å². The van der Waals surface area contributed by atoms with E-state index in [1.54, 1.807) is 24.3 Å². The normalized spacial score (nSPS) is 13.6. The molecule has 1 amide bonds. The summed E-state index contributed by atoms with van der Waals surface area (Å²) in [6, 6.07) is 14.0. The fraction of sp³-hybridized carbons (Fsp3) is 0.381. The summed E-state index contributed by atoms with van der Waals surface area (Å²) in [5, 5.41) is 3.01. The number of nitrogens with one attached hydrogen (secondary N) is 1. The summed E-state index contributed by atoms with van der Waals surface area (Å²) in [5.41, 5.74) is 1.99. The van der Waals surface area contributed by atoms with Gasteiger partial charge in [0.25, 0.3) is 5.91 Å². The Kier molecular flexibility index (Phi) is 7.02. The zero-order valence-corrected chi connectivity index (χ0v) is 17.0. The second-order valence-electron chi connectivity index (χ2n) is 6.64. The maximum absolute atomic E-state index is 12.7. The summed E-state index contributed by atoms with van der Waals surface area (Å²) in [6.45, 7) is 5.87. The van der Waals surface area contributed by atoms with Gasteiger partial charge < -0.3 is 10.1 Å². The average Bonchev–Trinajstić information content (AvgIpc) is 2.64. The van der Waals surface area contributed by atoms with Gasteiger partial charge >= 0.3 is 0 Å². The molecule has 2 aromatic rings. The number of hydrogen-bond donors (Lipinski definition) is 1. The quantitative estimate of drug-likeness (QED) is 0.745. The van der Waals surface area contributed by atoms with E-state index >= 15 is 0 Å². The van der Waals surface area contributed by atoms with Crippen molar-refractivity contribution >= 4 is 15.7 Å². The molecular weight excluding hydrogens is 362 g/mol. The lowest BCUT2D eigenvalue weighted by Crippen LogP contribution is -2.39. The Morgan fingerprint density at radius 1 is 1.00 bits per heavy atom. The highest BCUT2D eigenvalue weighted by Crippen LogP contribution is 2.20. The first-order valence-electron chi connectivity index (χ1n) is 9.08. The molecule has 0 unspecified atom stereocenters. The van der Waals surface area contributed by atoms with Gasteiger partial charge in [-0.15, -0.1) is 0 Å². The number of benzene rings is 2. The van der Waals surface area contributed by atoms with Crippen LogP contribution in [0.25, 0.3) is 0 Å². The molecule has 0 spiro atoms. The molecule has 0 heterocycles. The lowest BCUT2D eigenvalue weighted by molar-refractivity contribution is -0.128. The molecule has 0 fully saturated rings. The zero-order valence-electron chi connectivity index (χ0n) is 16.2. The summed E-state index contributed by atoms with van der Waals surface area (Å²) in [4.78, 5) is 12.9. The molecule has 0 aliphatic carbocycles. The van der Waals surface area contributed by atoms with Crippen molar-refractivity contribution in [3.63, 3.8) is 0 Å². The molecule has 0 aliphatic heterocycles. The molecule has 0 saturated heterocycles. The number of ether oxygens (including phenoxy) is 1. The smallest absolute Gasteiger partial charge is 0.261 e. The summed E-state index contributed by atoms with van der Waals surface area (Å²) >= 11 is 0. The maximum Gasteiger partial charge on any atom is 0.261 e. The molecule has 2 rings (SSSR count). The summed E-state index contributed by atoms with van der Waals surface area (Å²) in [5.74, 6) is 0.477. The van der Waals surface area contributed by atoms with Gasteiger partial charge in [-0.3, -0.25) is 4.79 Å². The Morgan fingerprint density at radius 3 is 2.07 bits per heavy atom. The van der Waals surface area contributed by atoms with Crippen LogP contribution in [-0.2, 0) is 14.6 Å². The van der Waals surface area contributed by atoms with Crippen LogP contribution in [0.5, 0.6) is 5.75 Å². The third-order valence-electron chi connectivity index (χ3n) is 4.40. The molecule has 0 radical (unpaired) electrons. The molecule has 0 aliphatic rings. The Balaban J connectivity index is 2.09. The van der Waals surface area contributed by atoms with Gasteiger partial charge in [0, 0.05) is 6.26 Å². The Hall–Kier alpha value is -2.34. The number of sulfone groups is 1. The van der Waals surface area contributed by atoms with Crippen LogP contribution in [0.1, 0.15) is 43.9 Å². The van der Waals surface area contributed by atoms with Crippen molar-refractivity contribution in [1.82, 2.24) is 5.32 Å². The molecule has 5 nitrogen and oxygen atoms in total. The van der Waals surface area contributed by atoms with Gasteiger partial charge in [-0.25, -0.2) is 8.42 Å². The molecule has 146 valence electrons. The number of hydrogen-bond acceptors (Lipinski definition) is 4. The molecular formula is C21H27NO4S. The number of amides is 1. The molecule has 2 aromatic carbocycles. The average molecular weight is 390 g/mol. The molecule has 6 heteroatoms. The molecule has 0 saturated carbocycles. The fourth-order valence-corrected chi connectivity index (χ4v) is 3.37. The second-order valence-corrected chi connectivity index (χ2v) is 8.65. The predicted molar refractivity (Wildman–Crippen MR) is 107 cm³/mol. The van der Waals surface area contributed by atoms with Crippen LogP contribution in [-0.4, -0.2) is 26.7 Å². The van der Waals surface area contributed by atoms with Gasteiger partial charge in [-0.2, -0.15) is 0 Å². The third kappa shape index (κ3) is 5.82. The maximum atomic E-state index is 12.7. The SMILES string of the molecule is CC[C@H](Oc1ccc(C)cc1)C(=O)N[C@H](CC)c1ccc(S(C)(=O)=O)cc1. The van der Waals surface area contributed by atoms with E-state index in [9.17, 15) is 13.2 Å². The number of carbonyl (C=O) groups excluding carboxylic acids is 1. The predicted octanol–water partition coefficient (Wildman–Crippen LogP) is 3.82. The van der Waals surface area contributed by atoms with Crippen molar-refractivity contribution in [2.75, 3.05) is 6.26 Å². The summed E-state index contributed by atoms with van der Waals surface area (Å²) in [7, 11) is -3.24. The van der Waals surface area contributed by atoms with Crippen LogP contribution >= 0.6 is 0 Å². The van der Waals surface area contributed by atoms with Gasteiger partial charge in [0.15, 0.2) is 15.9 Å². The van der Waals surface area contributed by atoms with Crippen LogP contribution in [0, 0.1) is 6.92 Å². The minimum absolute atomic E-state index is 0.183. The lowest BCUT2D eigenvalue weighted by Gasteiger charge is -2.22. The van der Waals surface area contributed by atoms with Gasteiger partial charge in [0.2, 0.25) is 0 Å². The van der Waals surface area contributed by atoms with E-state index in [-0.39, 0.29) is 16.8 Å². The van der Waals surface area contributed by atoms with Crippen molar-refractivity contribution in [3.05, 3.63) is 59.7 Å². The highest BCUT2D eigenvalue weighted by atomic mass is 32.2. The topological polar surface area (TPSA) is 72.5 Å². The van der Waals surface area contributed by atoms with Crippen LogP contribution in [0.4, 0.5) is 0 Å². The molecule has 0 bridgehead atoms. The summed E-state index contributed by atoms with van der Waals surface area (Å²) < 4.78 is 29.0. The van der Waals surface area contributed by atoms with Crippen molar-refractivity contribution in [2.45, 2.75) is 50.7 Å². The van der Waals surface area contributed by atoms with Crippen molar-refractivity contribution in [3.8, 4) is 5.75 Å². The van der Waals surface area contributed by atoms with Crippen LogP contribution in [0.15, 0.2) is 53.4 Å². The molecule has 2 atom stereocenters. The largest absolute Gasteiger partial charge is 0.481 e. The second kappa shape index (κ2) is 9.04. The zero-order chi connectivity index (χ0) is 20.0. The molecule has 1 N–H and O–H groups in total. The minimum atomic E-state index is -3.24. The van der Waals surface area contributed by atoms with Crippen molar-refractivity contribution in [2.24, 2.45) is 0 Å². The minimum Gasteiger partial charge on any atom is -0.481 e. The van der Waals surface area contributed by atoms with Crippen LogP contribution in [0.3, 0.4) is 0 Å². The van der Waals surface area contributed by atoms with Gasteiger partial charge in [0.05, 0.1) is 10.9 Å². The first-order valence-corrected chi connectivity index (χ1v) is 11.0. The van der Waals surface area contributed by atoms with Crippen molar-refractivity contribution < 1.29 is 17.9 Å². The standard InChI is InChI=1S/C21H27NO4S/c1-5-19(16-9-13-18(14-10-16)27(4,24)25)22-21(23)20(6-2)26-17-11-7-15(3)8-12-17/h7-14,19-20H,5-6H2,1-4H3,(H,22,23)/t19-,20+/m1/s1. The van der Waals surface area contributed by atoms with E-state index in [0.29, 0.717) is 18.6 Å². The van der Waals surface area contributed by atoms with Crippen LogP contribution in [0.2, 0.25) is 0 Å². The van der Waals surface area contributed by atoms with Gasteiger partial charge in [0.1, 0.15) is 5.75 Å². The highest BCUT2D eigenvalue weighted by molar-refractivity contribution is 7.90.